The maximum absolute atomic E-state index is 6.13. The van der Waals surface area contributed by atoms with E-state index in [1.807, 2.05) is 12.1 Å². The molecule has 1 heterocycles. The number of hydrogen-bond acceptors (Lipinski definition) is 3. The van der Waals surface area contributed by atoms with E-state index in [2.05, 4.69) is 0 Å². The van der Waals surface area contributed by atoms with Crippen LogP contribution >= 0.6 is 22.9 Å². The Bertz CT molecular complexity index is 306. The number of halogens is 1. The van der Waals surface area contributed by atoms with Crippen LogP contribution in [-0.2, 0) is 0 Å². The fraction of sp³-hybridized carbons (Fsp3) is 0.556. The molecular formula is C9H13ClN2S. The summed E-state index contributed by atoms with van der Waals surface area (Å²) in [5, 5.41) is 0. The van der Waals surface area contributed by atoms with Crippen molar-refractivity contribution < 1.29 is 0 Å². The standard InChI is InChI=1S/C9H13ClN2S/c10-7-2-1-6(13-7)8(12)9(5-11)3-4-9/h1-2,8H,3-5,11-12H2. The van der Waals surface area contributed by atoms with E-state index in [9.17, 15) is 0 Å². The van der Waals surface area contributed by atoms with E-state index in [1.54, 1.807) is 11.3 Å². The van der Waals surface area contributed by atoms with Gasteiger partial charge in [-0.15, -0.1) is 11.3 Å². The van der Waals surface area contributed by atoms with E-state index in [4.69, 9.17) is 23.1 Å². The van der Waals surface area contributed by atoms with Gasteiger partial charge in [-0.2, -0.15) is 0 Å². The van der Waals surface area contributed by atoms with Gasteiger partial charge in [-0.25, -0.2) is 0 Å². The molecule has 0 aromatic carbocycles. The maximum atomic E-state index is 6.13. The lowest BCUT2D eigenvalue weighted by Gasteiger charge is -2.19. The zero-order chi connectivity index (χ0) is 9.47. The largest absolute Gasteiger partial charge is 0.330 e. The molecule has 0 amide bonds. The lowest BCUT2D eigenvalue weighted by molar-refractivity contribution is 0.424. The van der Waals surface area contributed by atoms with Gasteiger partial charge in [0.1, 0.15) is 0 Å². The molecule has 2 nitrogen and oxygen atoms in total. The molecule has 1 aliphatic carbocycles. The van der Waals surface area contributed by atoms with E-state index < -0.39 is 0 Å². The van der Waals surface area contributed by atoms with Crippen molar-refractivity contribution in [1.29, 1.82) is 0 Å². The van der Waals surface area contributed by atoms with Crippen LogP contribution in [0, 0.1) is 5.41 Å². The summed E-state index contributed by atoms with van der Waals surface area (Å²) >= 11 is 7.41. The minimum absolute atomic E-state index is 0.0787. The van der Waals surface area contributed by atoms with Crippen molar-refractivity contribution in [3.05, 3.63) is 21.3 Å². The summed E-state index contributed by atoms with van der Waals surface area (Å²) in [5.41, 5.74) is 12.0. The van der Waals surface area contributed by atoms with Crippen LogP contribution in [-0.4, -0.2) is 6.54 Å². The molecule has 2 rings (SSSR count). The zero-order valence-corrected chi connectivity index (χ0v) is 8.87. The summed E-state index contributed by atoms with van der Waals surface area (Å²) in [5.74, 6) is 0. The molecule has 1 aromatic rings. The number of rotatable bonds is 3. The Morgan fingerprint density at radius 2 is 2.23 bits per heavy atom. The summed E-state index contributed by atoms with van der Waals surface area (Å²) in [4.78, 5) is 1.16. The van der Waals surface area contributed by atoms with Crippen molar-refractivity contribution in [3.8, 4) is 0 Å². The highest BCUT2D eigenvalue weighted by Crippen LogP contribution is 2.53. The second-order valence-electron chi connectivity index (χ2n) is 3.69. The zero-order valence-electron chi connectivity index (χ0n) is 7.29. The highest BCUT2D eigenvalue weighted by atomic mass is 35.5. The van der Waals surface area contributed by atoms with E-state index in [-0.39, 0.29) is 11.5 Å². The Kier molecular flexibility index (Phi) is 2.36. The molecule has 72 valence electrons. The Balaban J connectivity index is 2.17. The van der Waals surface area contributed by atoms with Gasteiger partial charge in [0.2, 0.25) is 0 Å². The summed E-state index contributed by atoms with van der Waals surface area (Å²) in [7, 11) is 0. The molecular weight excluding hydrogens is 204 g/mol. The van der Waals surface area contributed by atoms with E-state index >= 15 is 0 Å². The molecule has 0 saturated heterocycles. The van der Waals surface area contributed by atoms with E-state index in [1.165, 1.54) is 0 Å². The first-order valence-electron chi connectivity index (χ1n) is 4.39. The van der Waals surface area contributed by atoms with E-state index in [0.717, 1.165) is 22.1 Å². The Morgan fingerprint density at radius 3 is 2.62 bits per heavy atom. The fourth-order valence-electron chi connectivity index (χ4n) is 1.60. The predicted octanol–water partition coefficient (Wildman–Crippen LogP) is 2.14. The summed E-state index contributed by atoms with van der Waals surface area (Å²) < 4.78 is 0.804. The van der Waals surface area contributed by atoms with Crippen LogP contribution in [0.5, 0.6) is 0 Å². The first-order valence-corrected chi connectivity index (χ1v) is 5.58. The summed E-state index contributed by atoms with van der Waals surface area (Å²) in [6.45, 7) is 0.684. The second-order valence-corrected chi connectivity index (χ2v) is 5.43. The van der Waals surface area contributed by atoms with Gasteiger partial charge in [-0.1, -0.05) is 11.6 Å². The molecule has 4 heteroatoms. The summed E-state index contributed by atoms with van der Waals surface area (Å²) in [6.07, 6.45) is 2.31. The monoisotopic (exact) mass is 216 g/mol. The number of nitrogens with two attached hydrogens (primary N) is 2. The van der Waals surface area contributed by atoms with Gasteiger partial charge in [0.25, 0.3) is 0 Å². The first-order chi connectivity index (χ1) is 6.18. The lowest BCUT2D eigenvalue weighted by Crippen LogP contribution is -2.28. The minimum Gasteiger partial charge on any atom is -0.330 e. The predicted molar refractivity (Wildman–Crippen MR) is 57.0 cm³/mol. The quantitative estimate of drug-likeness (QED) is 0.814. The number of thiophene rings is 1. The molecule has 1 aliphatic rings. The second kappa shape index (κ2) is 3.24. The van der Waals surface area contributed by atoms with Crippen molar-refractivity contribution in [2.24, 2.45) is 16.9 Å². The van der Waals surface area contributed by atoms with Crippen molar-refractivity contribution >= 4 is 22.9 Å². The Morgan fingerprint density at radius 1 is 1.54 bits per heavy atom. The Hall–Kier alpha value is -0.0900. The van der Waals surface area contributed by atoms with Crippen LogP contribution in [0.1, 0.15) is 23.8 Å². The van der Waals surface area contributed by atoms with Crippen LogP contribution in [0.4, 0.5) is 0 Å². The van der Waals surface area contributed by atoms with Gasteiger partial charge in [0.05, 0.1) is 4.34 Å². The van der Waals surface area contributed by atoms with E-state index in [0.29, 0.717) is 6.54 Å². The Labute approximate surface area is 86.9 Å². The highest BCUT2D eigenvalue weighted by Gasteiger charge is 2.47. The van der Waals surface area contributed by atoms with Crippen LogP contribution in [0.25, 0.3) is 0 Å². The highest BCUT2D eigenvalue weighted by molar-refractivity contribution is 7.16. The van der Waals surface area contributed by atoms with Gasteiger partial charge in [0, 0.05) is 16.3 Å². The topological polar surface area (TPSA) is 52.0 Å². The third kappa shape index (κ3) is 1.62. The molecule has 0 spiro atoms. The molecule has 13 heavy (non-hydrogen) atoms. The number of hydrogen-bond donors (Lipinski definition) is 2. The van der Waals surface area contributed by atoms with Gasteiger partial charge < -0.3 is 11.5 Å². The first kappa shape index (κ1) is 9.46. The lowest BCUT2D eigenvalue weighted by atomic mass is 9.96. The molecule has 0 radical (unpaired) electrons. The fourth-order valence-corrected chi connectivity index (χ4v) is 2.80. The molecule has 0 bridgehead atoms. The van der Waals surface area contributed by atoms with Crippen LogP contribution in [0.15, 0.2) is 12.1 Å². The van der Waals surface area contributed by atoms with Gasteiger partial charge in [0.15, 0.2) is 0 Å². The van der Waals surface area contributed by atoms with Crippen LogP contribution in [0.3, 0.4) is 0 Å². The molecule has 1 atom stereocenters. The molecule has 1 fully saturated rings. The van der Waals surface area contributed by atoms with Crippen molar-refractivity contribution in [3.63, 3.8) is 0 Å². The van der Waals surface area contributed by atoms with Crippen molar-refractivity contribution in [2.45, 2.75) is 18.9 Å². The molecule has 1 unspecified atom stereocenters. The van der Waals surface area contributed by atoms with Crippen LogP contribution < -0.4 is 11.5 Å². The average molecular weight is 217 g/mol. The van der Waals surface area contributed by atoms with Gasteiger partial charge >= 0.3 is 0 Å². The molecule has 4 N–H and O–H groups in total. The third-order valence-corrected chi connectivity index (χ3v) is 4.17. The van der Waals surface area contributed by atoms with Crippen LogP contribution in [0.2, 0.25) is 4.34 Å². The molecule has 0 aliphatic heterocycles. The van der Waals surface area contributed by atoms with Crippen molar-refractivity contribution in [2.75, 3.05) is 6.54 Å². The van der Waals surface area contributed by atoms with Gasteiger partial charge in [-0.05, 0) is 31.5 Å². The third-order valence-electron chi connectivity index (χ3n) is 2.86. The minimum atomic E-state index is 0.0787. The van der Waals surface area contributed by atoms with Gasteiger partial charge in [-0.3, -0.25) is 0 Å². The van der Waals surface area contributed by atoms with Crippen molar-refractivity contribution in [1.82, 2.24) is 0 Å². The molecule has 1 saturated carbocycles. The summed E-state index contributed by atoms with van der Waals surface area (Å²) in [6, 6.07) is 3.98. The average Bonchev–Trinajstić information content (AvgIpc) is 2.82. The maximum Gasteiger partial charge on any atom is 0.0931 e. The normalized spacial score (nSPS) is 21.5. The SMILES string of the molecule is NCC1(C(N)c2ccc(Cl)s2)CC1. The molecule has 1 aromatic heterocycles. The smallest absolute Gasteiger partial charge is 0.0931 e.